The van der Waals surface area contributed by atoms with Crippen LogP contribution in [0, 0.1) is 17.8 Å². The molecule has 0 aromatic carbocycles. The predicted molar refractivity (Wildman–Crippen MR) is 358 cm³/mol. The van der Waals surface area contributed by atoms with Crippen molar-refractivity contribution in [2.45, 2.75) is 369 Å². The van der Waals surface area contributed by atoms with Gasteiger partial charge >= 0.3 is 39.5 Å². The molecule has 0 heterocycles. The minimum atomic E-state index is -4.95. The predicted octanol–water partition coefficient (Wildman–Crippen LogP) is 19.8. The van der Waals surface area contributed by atoms with E-state index in [9.17, 15) is 43.2 Å². The molecule has 5 atom stereocenters. The lowest BCUT2D eigenvalue weighted by atomic mass is 10.0. The van der Waals surface area contributed by atoms with E-state index in [-0.39, 0.29) is 25.7 Å². The van der Waals surface area contributed by atoms with Crippen LogP contribution in [-0.2, 0) is 65.4 Å². The molecule has 3 N–H and O–H groups in total. The fourth-order valence-electron chi connectivity index (χ4n) is 10.5. The van der Waals surface area contributed by atoms with Crippen molar-refractivity contribution in [1.29, 1.82) is 0 Å². The van der Waals surface area contributed by atoms with Crippen molar-refractivity contribution >= 4 is 39.5 Å². The summed E-state index contributed by atoms with van der Waals surface area (Å²) in [5.41, 5.74) is 0. The maximum absolute atomic E-state index is 13.0. The smallest absolute Gasteiger partial charge is 0.462 e. The third kappa shape index (κ3) is 64.6. The highest BCUT2D eigenvalue weighted by molar-refractivity contribution is 7.47. The topological polar surface area (TPSA) is 237 Å². The number of phosphoric acid groups is 2. The molecule has 0 aliphatic rings. The van der Waals surface area contributed by atoms with Gasteiger partial charge in [-0.25, -0.2) is 9.13 Å². The van der Waals surface area contributed by atoms with Gasteiger partial charge in [-0.3, -0.25) is 37.3 Å². The third-order valence-corrected chi connectivity index (χ3v) is 18.0. The van der Waals surface area contributed by atoms with Crippen molar-refractivity contribution in [2.75, 3.05) is 39.6 Å². The fourth-order valence-corrected chi connectivity index (χ4v) is 12.1. The molecule has 89 heavy (non-hydrogen) atoms. The van der Waals surface area contributed by atoms with Gasteiger partial charge in [0, 0.05) is 25.7 Å². The molecular formula is C70H136O17P2. The Morgan fingerprint density at radius 3 is 0.764 bits per heavy atom. The zero-order valence-corrected chi connectivity index (χ0v) is 59.7. The van der Waals surface area contributed by atoms with Crippen LogP contribution >= 0.6 is 15.6 Å². The Kier molecular flexibility index (Phi) is 59.6. The Morgan fingerprint density at radius 2 is 0.517 bits per heavy atom. The Labute approximate surface area is 543 Å². The first kappa shape index (κ1) is 87.1. The van der Waals surface area contributed by atoms with E-state index in [0.717, 1.165) is 108 Å². The van der Waals surface area contributed by atoms with Gasteiger partial charge in [0.05, 0.1) is 26.4 Å². The number of aliphatic hydroxyl groups is 1. The average Bonchev–Trinajstić information content (AvgIpc) is 3.59. The van der Waals surface area contributed by atoms with E-state index in [0.29, 0.717) is 25.7 Å². The largest absolute Gasteiger partial charge is 0.472 e. The average molecular weight is 1310 g/mol. The molecule has 2 unspecified atom stereocenters. The number of carbonyl (C=O) groups is 4. The molecule has 17 nitrogen and oxygen atoms in total. The maximum Gasteiger partial charge on any atom is 0.472 e. The molecule has 0 radical (unpaired) electrons. The van der Waals surface area contributed by atoms with E-state index in [1.807, 2.05) is 0 Å². The number of esters is 4. The van der Waals surface area contributed by atoms with Gasteiger partial charge in [0.2, 0.25) is 0 Å². The first-order valence-electron chi connectivity index (χ1n) is 36.3. The van der Waals surface area contributed by atoms with E-state index >= 15 is 0 Å². The number of ether oxygens (including phenoxy) is 4. The van der Waals surface area contributed by atoms with Gasteiger partial charge in [-0.15, -0.1) is 0 Å². The summed E-state index contributed by atoms with van der Waals surface area (Å²) in [6.07, 6.45) is 44.4. The summed E-state index contributed by atoms with van der Waals surface area (Å²) in [7, 11) is -9.90. The van der Waals surface area contributed by atoms with Gasteiger partial charge in [-0.05, 0) is 43.4 Å². The van der Waals surface area contributed by atoms with E-state index in [2.05, 4.69) is 48.5 Å². The standard InChI is InChI=1S/C70H136O17P2/c1-8-9-10-11-12-20-30-37-44-51-67(72)80-57-65(87-70(75)54-47-40-33-26-19-23-29-36-43-50-63(6)7)59-84-88(76,77)82-55-64(71)56-83-89(78,79)85-60-66(58-81-68(73)52-45-38-31-25-18-22-28-35-42-49-62(4)5)86-69(74)53-46-39-32-24-17-15-13-14-16-21-27-34-41-48-61(2)3/h61-66,71H,8-60H2,1-7H3,(H,76,77)(H,78,79)/t64-,65+,66+/m0/s1. The van der Waals surface area contributed by atoms with Crippen molar-refractivity contribution in [3.05, 3.63) is 0 Å². The molecule has 0 bridgehead atoms. The van der Waals surface area contributed by atoms with Gasteiger partial charge in [0.1, 0.15) is 19.3 Å². The van der Waals surface area contributed by atoms with Crippen LogP contribution in [-0.4, -0.2) is 96.7 Å². The molecule has 0 fully saturated rings. The molecule has 0 saturated carbocycles. The highest BCUT2D eigenvalue weighted by atomic mass is 31.2. The maximum atomic E-state index is 13.0. The monoisotopic (exact) mass is 1310 g/mol. The number of hydrogen-bond donors (Lipinski definition) is 3. The lowest BCUT2D eigenvalue weighted by Gasteiger charge is -2.21. The van der Waals surface area contributed by atoms with E-state index < -0.39 is 97.5 Å². The molecule has 0 aromatic heterocycles. The zero-order chi connectivity index (χ0) is 65.9. The van der Waals surface area contributed by atoms with Crippen LogP contribution in [0.25, 0.3) is 0 Å². The quantitative estimate of drug-likeness (QED) is 0.0222. The van der Waals surface area contributed by atoms with Crippen LogP contribution in [0.15, 0.2) is 0 Å². The fraction of sp³-hybridized carbons (Fsp3) is 0.943. The Bertz CT molecular complexity index is 1750. The summed E-state index contributed by atoms with van der Waals surface area (Å²) in [5.74, 6) is 0.139. The summed E-state index contributed by atoms with van der Waals surface area (Å²) in [5, 5.41) is 10.6. The van der Waals surface area contributed by atoms with E-state index in [1.165, 1.54) is 161 Å². The zero-order valence-electron chi connectivity index (χ0n) is 57.9. The normalized spacial score (nSPS) is 14.2. The summed E-state index contributed by atoms with van der Waals surface area (Å²) in [6, 6.07) is 0. The molecule has 0 aromatic rings. The summed E-state index contributed by atoms with van der Waals surface area (Å²) < 4.78 is 68.3. The van der Waals surface area contributed by atoms with Crippen LogP contribution in [0.4, 0.5) is 0 Å². The van der Waals surface area contributed by atoms with Crippen molar-refractivity contribution < 1.29 is 80.2 Å². The molecule has 0 aliphatic carbocycles. The SMILES string of the molecule is CCCCCCCCCCCC(=O)OC[C@H](COP(=O)(O)OC[C@H](O)COP(=O)(O)OC[C@@H](COC(=O)CCCCCCCCCCCC(C)C)OC(=O)CCCCCCCCCCCCCCCC(C)C)OC(=O)CCCCCCCCCCCC(C)C. The summed E-state index contributed by atoms with van der Waals surface area (Å²) in [4.78, 5) is 72.5. The second-order valence-corrected chi connectivity index (χ2v) is 29.6. The highest BCUT2D eigenvalue weighted by Crippen LogP contribution is 2.45. The molecule has 0 rings (SSSR count). The van der Waals surface area contributed by atoms with Crippen LogP contribution in [0.3, 0.4) is 0 Å². The van der Waals surface area contributed by atoms with Gasteiger partial charge in [0.15, 0.2) is 12.2 Å². The van der Waals surface area contributed by atoms with Crippen molar-refractivity contribution in [3.63, 3.8) is 0 Å². The molecule has 0 aliphatic heterocycles. The third-order valence-electron chi connectivity index (χ3n) is 16.1. The Morgan fingerprint density at radius 1 is 0.303 bits per heavy atom. The van der Waals surface area contributed by atoms with Crippen LogP contribution in [0.2, 0.25) is 0 Å². The highest BCUT2D eigenvalue weighted by Gasteiger charge is 2.30. The summed E-state index contributed by atoms with van der Waals surface area (Å²) >= 11 is 0. The summed E-state index contributed by atoms with van der Waals surface area (Å²) in [6.45, 7) is 11.8. The van der Waals surface area contributed by atoms with Crippen molar-refractivity contribution in [1.82, 2.24) is 0 Å². The number of rotatable bonds is 68. The lowest BCUT2D eigenvalue weighted by molar-refractivity contribution is -0.161. The Hall–Kier alpha value is -1.94. The van der Waals surface area contributed by atoms with Crippen molar-refractivity contribution in [2.24, 2.45) is 17.8 Å². The van der Waals surface area contributed by atoms with Gasteiger partial charge in [0.25, 0.3) is 0 Å². The number of hydrogen-bond acceptors (Lipinski definition) is 15. The number of carbonyl (C=O) groups excluding carboxylic acids is 4. The van der Waals surface area contributed by atoms with Crippen molar-refractivity contribution in [3.8, 4) is 0 Å². The molecule has 0 amide bonds. The first-order valence-corrected chi connectivity index (χ1v) is 39.3. The number of unbranched alkanes of at least 4 members (excludes halogenated alkanes) is 36. The minimum absolute atomic E-state index is 0.105. The second kappa shape index (κ2) is 61.0. The van der Waals surface area contributed by atoms with Crippen LogP contribution in [0.1, 0.15) is 350 Å². The molecule has 0 saturated heterocycles. The lowest BCUT2D eigenvalue weighted by Crippen LogP contribution is -2.30. The van der Waals surface area contributed by atoms with Gasteiger partial charge in [-0.2, -0.15) is 0 Å². The van der Waals surface area contributed by atoms with E-state index in [4.69, 9.17) is 37.0 Å². The minimum Gasteiger partial charge on any atom is -0.462 e. The van der Waals surface area contributed by atoms with E-state index in [1.54, 1.807) is 0 Å². The Balaban J connectivity index is 5.24. The molecule has 19 heteroatoms. The van der Waals surface area contributed by atoms with Gasteiger partial charge in [-0.1, -0.05) is 299 Å². The van der Waals surface area contributed by atoms with Gasteiger partial charge < -0.3 is 33.8 Å². The molecule has 528 valence electrons. The first-order chi connectivity index (χ1) is 42.7. The number of aliphatic hydroxyl groups excluding tert-OH is 1. The second-order valence-electron chi connectivity index (χ2n) is 26.7. The van der Waals surface area contributed by atoms with Crippen LogP contribution in [0.5, 0.6) is 0 Å². The molecule has 0 spiro atoms. The van der Waals surface area contributed by atoms with Crippen LogP contribution < -0.4 is 0 Å². The number of phosphoric ester groups is 2. The molecular weight excluding hydrogens is 1170 g/mol.